The van der Waals surface area contributed by atoms with E-state index in [1.54, 1.807) is 19.1 Å². The average molecular weight is 641 g/mol. The Kier molecular flexibility index (Phi) is 10.3. The number of ether oxygens (including phenoxy) is 5. The third kappa shape index (κ3) is 7.23. The predicted molar refractivity (Wildman–Crippen MR) is 169 cm³/mol. The van der Waals surface area contributed by atoms with Gasteiger partial charge in [0.15, 0.2) is 6.10 Å². The van der Waals surface area contributed by atoms with E-state index in [0.29, 0.717) is 28.3 Å². The van der Waals surface area contributed by atoms with Crippen molar-refractivity contribution in [2.75, 3.05) is 13.7 Å². The molecule has 2 aromatic carbocycles. The van der Waals surface area contributed by atoms with Crippen LogP contribution in [0, 0.1) is 11.3 Å². The van der Waals surface area contributed by atoms with E-state index in [2.05, 4.69) is 24.3 Å². The molecule has 2 saturated carbocycles. The van der Waals surface area contributed by atoms with Gasteiger partial charge in [-0.3, -0.25) is 14.4 Å². The summed E-state index contributed by atoms with van der Waals surface area (Å²) in [6, 6.07) is 14.2. The molecule has 0 aromatic heterocycles. The molecule has 2 aromatic rings. The maximum Gasteiger partial charge on any atom is 0.303 e. The van der Waals surface area contributed by atoms with Crippen molar-refractivity contribution < 1.29 is 38.1 Å². The van der Waals surface area contributed by atoms with Crippen molar-refractivity contribution >= 4 is 29.5 Å². The second-order valence-electron chi connectivity index (χ2n) is 13.1. The van der Waals surface area contributed by atoms with Gasteiger partial charge < -0.3 is 23.7 Å². The van der Waals surface area contributed by atoms with Gasteiger partial charge in [-0.25, -0.2) is 0 Å². The minimum Gasteiger partial charge on any atom is -0.463 e. The van der Waals surface area contributed by atoms with Crippen LogP contribution in [0.15, 0.2) is 42.5 Å². The van der Waals surface area contributed by atoms with E-state index in [0.717, 1.165) is 11.1 Å². The molecular weight excluding hydrogens is 596 g/mol. The number of halogens is 1. The van der Waals surface area contributed by atoms with E-state index in [1.807, 2.05) is 6.07 Å². The highest BCUT2D eigenvalue weighted by Gasteiger charge is 2.59. The first-order valence-corrected chi connectivity index (χ1v) is 16.4. The van der Waals surface area contributed by atoms with Gasteiger partial charge in [-0.15, -0.1) is 0 Å². The highest BCUT2D eigenvalue weighted by molar-refractivity contribution is 6.31. The fourth-order valence-corrected chi connectivity index (χ4v) is 7.67. The summed E-state index contributed by atoms with van der Waals surface area (Å²) >= 11 is 6.73. The summed E-state index contributed by atoms with van der Waals surface area (Å²) in [5.74, 6) is -3.21. The Balaban J connectivity index is 1.43. The molecular formula is C36H45ClO8. The third-order valence-electron chi connectivity index (χ3n) is 10.2. The van der Waals surface area contributed by atoms with Crippen molar-refractivity contribution in [2.24, 2.45) is 11.3 Å². The van der Waals surface area contributed by atoms with Gasteiger partial charge in [0.2, 0.25) is 5.79 Å². The molecule has 0 amide bonds. The van der Waals surface area contributed by atoms with Crippen LogP contribution < -0.4 is 0 Å². The zero-order valence-electron chi connectivity index (χ0n) is 26.9. The van der Waals surface area contributed by atoms with E-state index >= 15 is 0 Å². The Morgan fingerprint density at radius 1 is 0.911 bits per heavy atom. The molecule has 1 aliphatic heterocycles. The van der Waals surface area contributed by atoms with Gasteiger partial charge in [0.1, 0.15) is 18.8 Å². The summed E-state index contributed by atoms with van der Waals surface area (Å²) in [4.78, 5) is 36.3. The fraction of sp³-hybridized carbons (Fsp3) is 0.583. The standard InChI is InChI=1S/C36H45ClO8/c1-22-32(21-42-23(2)38)45-36(41-5,34(44-25(4)40)33(22)43-24(3)39)30-11-12-31(37)29(20-30)19-26-7-9-27(10-8-26)28-13-17-35(18-14-28)15-6-16-35/h7-12,20,22,28,32-34H,6,13-19,21H2,1-5H3/t22-,32-,33+,34-,36?/m1/s1. The van der Waals surface area contributed by atoms with Crippen LogP contribution in [0.25, 0.3) is 0 Å². The van der Waals surface area contributed by atoms with Crippen LogP contribution in [-0.2, 0) is 50.3 Å². The smallest absolute Gasteiger partial charge is 0.303 e. The number of hydrogen-bond acceptors (Lipinski definition) is 8. The lowest BCUT2D eigenvalue weighted by atomic mass is 9.58. The van der Waals surface area contributed by atoms with Crippen LogP contribution in [0.5, 0.6) is 0 Å². The van der Waals surface area contributed by atoms with Crippen LogP contribution in [0.2, 0.25) is 5.02 Å². The number of carbonyl (C=O) groups excluding carboxylic acids is 3. The van der Waals surface area contributed by atoms with Gasteiger partial charge in [-0.2, -0.15) is 0 Å². The molecule has 1 heterocycles. The predicted octanol–water partition coefficient (Wildman–Crippen LogP) is 7.02. The van der Waals surface area contributed by atoms with Crippen LogP contribution >= 0.6 is 11.6 Å². The Bertz CT molecular complexity index is 1380. The van der Waals surface area contributed by atoms with Crippen molar-refractivity contribution in [3.63, 3.8) is 0 Å². The van der Waals surface area contributed by atoms with Crippen LogP contribution in [0.1, 0.15) is 101 Å². The molecule has 3 aliphatic rings. The number of methoxy groups -OCH3 is 1. The van der Waals surface area contributed by atoms with Gasteiger partial charge in [0.25, 0.3) is 0 Å². The zero-order chi connectivity index (χ0) is 32.4. The van der Waals surface area contributed by atoms with Gasteiger partial charge in [-0.05, 0) is 85.1 Å². The first-order chi connectivity index (χ1) is 21.4. The number of carbonyl (C=O) groups is 3. The molecule has 45 heavy (non-hydrogen) atoms. The first-order valence-electron chi connectivity index (χ1n) is 16.0. The molecule has 9 heteroatoms. The molecule has 1 unspecified atom stereocenters. The largest absolute Gasteiger partial charge is 0.463 e. The number of benzene rings is 2. The zero-order valence-corrected chi connectivity index (χ0v) is 27.7. The molecule has 5 atom stereocenters. The van der Waals surface area contributed by atoms with Crippen molar-refractivity contribution in [3.8, 4) is 0 Å². The van der Waals surface area contributed by atoms with E-state index in [4.69, 9.17) is 35.3 Å². The molecule has 5 rings (SSSR count). The Morgan fingerprint density at radius 3 is 2.13 bits per heavy atom. The van der Waals surface area contributed by atoms with Gasteiger partial charge in [0, 0.05) is 44.4 Å². The first kappa shape index (κ1) is 33.4. The van der Waals surface area contributed by atoms with Crippen molar-refractivity contribution in [1.29, 1.82) is 0 Å². The van der Waals surface area contributed by atoms with Gasteiger partial charge in [0.05, 0.1) is 0 Å². The summed E-state index contributed by atoms with van der Waals surface area (Å²) < 4.78 is 29.4. The normalized spacial score (nSPS) is 27.8. The molecule has 0 N–H and O–H groups in total. The number of rotatable bonds is 9. The van der Waals surface area contributed by atoms with Crippen molar-refractivity contribution in [2.45, 2.75) is 109 Å². The van der Waals surface area contributed by atoms with E-state index < -0.39 is 47.9 Å². The average Bonchev–Trinajstić information content (AvgIpc) is 2.99. The summed E-state index contributed by atoms with van der Waals surface area (Å²) in [6.45, 7) is 5.54. The summed E-state index contributed by atoms with van der Waals surface area (Å²) in [5.41, 5.74) is 4.50. The van der Waals surface area contributed by atoms with Crippen molar-refractivity contribution in [1.82, 2.24) is 0 Å². The van der Waals surface area contributed by atoms with E-state index in [9.17, 15) is 14.4 Å². The monoisotopic (exact) mass is 640 g/mol. The molecule has 244 valence electrons. The fourth-order valence-electron chi connectivity index (χ4n) is 7.48. The highest BCUT2D eigenvalue weighted by atomic mass is 35.5. The summed E-state index contributed by atoms with van der Waals surface area (Å²) in [5, 5.41) is 0.563. The Morgan fingerprint density at radius 2 is 1.58 bits per heavy atom. The maximum absolute atomic E-state index is 12.4. The van der Waals surface area contributed by atoms with Crippen LogP contribution in [0.3, 0.4) is 0 Å². The minimum atomic E-state index is -1.69. The molecule has 1 spiro atoms. The Hall–Kier alpha value is -2.94. The number of hydrogen-bond donors (Lipinski definition) is 0. The van der Waals surface area contributed by atoms with Crippen LogP contribution in [-0.4, -0.2) is 49.9 Å². The minimum absolute atomic E-state index is 0.110. The lowest BCUT2D eigenvalue weighted by molar-refractivity contribution is -0.359. The summed E-state index contributed by atoms with van der Waals surface area (Å²) in [7, 11) is 1.44. The second-order valence-corrected chi connectivity index (χ2v) is 13.6. The molecule has 0 radical (unpaired) electrons. The SMILES string of the molecule is COC1(c2ccc(Cl)c(Cc3ccc(C4CCC5(CCC5)CC4)cc3)c2)O[C@H](COC(C)=O)[C@@H](C)[C@H](OC(C)=O)[C@H]1OC(C)=O. The lowest BCUT2D eigenvalue weighted by Crippen LogP contribution is -2.63. The quantitative estimate of drug-likeness (QED) is 0.213. The molecule has 0 bridgehead atoms. The van der Waals surface area contributed by atoms with Gasteiger partial charge >= 0.3 is 17.9 Å². The molecule has 1 saturated heterocycles. The van der Waals surface area contributed by atoms with Crippen molar-refractivity contribution in [3.05, 3.63) is 69.7 Å². The molecule has 8 nitrogen and oxygen atoms in total. The Labute approximate surface area is 271 Å². The van der Waals surface area contributed by atoms with E-state index in [1.165, 1.54) is 78.4 Å². The molecule has 3 fully saturated rings. The maximum atomic E-state index is 12.4. The van der Waals surface area contributed by atoms with E-state index in [-0.39, 0.29) is 6.61 Å². The second kappa shape index (κ2) is 13.8. The number of esters is 3. The van der Waals surface area contributed by atoms with Gasteiger partial charge in [-0.1, -0.05) is 55.3 Å². The molecule has 2 aliphatic carbocycles. The lowest BCUT2D eigenvalue weighted by Gasteiger charge is -2.50. The topological polar surface area (TPSA) is 97.4 Å². The highest BCUT2D eigenvalue weighted by Crippen LogP contribution is 2.54. The summed E-state index contributed by atoms with van der Waals surface area (Å²) in [6.07, 6.45) is 7.14. The van der Waals surface area contributed by atoms with Crippen LogP contribution in [0.4, 0.5) is 0 Å². The third-order valence-corrected chi connectivity index (χ3v) is 10.6.